The van der Waals surface area contributed by atoms with Gasteiger partial charge in [-0.05, 0) is 52.0 Å². The van der Waals surface area contributed by atoms with Crippen LogP contribution in [0.1, 0.15) is 51.9 Å². The van der Waals surface area contributed by atoms with Crippen molar-refractivity contribution in [3.63, 3.8) is 0 Å². The van der Waals surface area contributed by atoms with E-state index in [1.54, 1.807) is 0 Å². The first-order chi connectivity index (χ1) is 9.76. The highest BCUT2D eigenvalue weighted by molar-refractivity contribution is 5.80. The molecule has 114 valence electrons. The third kappa shape index (κ3) is 3.83. The van der Waals surface area contributed by atoms with E-state index in [-0.39, 0.29) is 5.91 Å². The molecule has 1 heterocycles. The molecule has 1 fully saturated rings. The Morgan fingerprint density at radius 1 is 1.40 bits per heavy atom. The van der Waals surface area contributed by atoms with Crippen LogP contribution in [0.15, 0.2) is 11.8 Å². The van der Waals surface area contributed by atoms with Gasteiger partial charge in [-0.15, -0.1) is 0 Å². The third-order valence-electron chi connectivity index (χ3n) is 4.59. The lowest BCUT2D eigenvalue weighted by atomic mass is 10.0. The van der Waals surface area contributed by atoms with E-state index in [2.05, 4.69) is 17.9 Å². The van der Waals surface area contributed by atoms with Crippen LogP contribution in [-0.2, 0) is 4.79 Å². The van der Waals surface area contributed by atoms with Crippen LogP contribution in [0.4, 0.5) is 0 Å². The first kappa shape index (κ1) is 15.5. The van der Waals surface area contributed by atoms with Gasteiger partial charge in [-0.1, -0.05) is 12.5 Å². The SMILES string of the molecule is CCN(C(=O)CN1CCCCC1CN)C1=CCCCC1. The van der Waals surface area contributed by atoms with Crippen LogP contribution in [0.3, 0.4) is 0 Å². The molecule has 0 spiro atoms. The number of allylic oxidation sites excluding steroid dienone is 2. The molecule has 1 aliphatic carbocycles. The van der Waals surface area contributed by atoms with E-state index in [1.807, 2.05) is 4.90 Å². The Hall–Kier alpha value is -0.870. The summed E-state index contributed by atoms with van der Waals surface area (Å²) < 4.78 is 0. The molecule has 1 amide bonds. The Bertz CT molecular complexity index is 354. The summed E-state index contributed by atoms with van der Waals surface area (Å²) in [6.07, 6.45) is 10.5. The van der Waals surface area contributed by atoms with E-state index in [1.165, 1.54) is 31.4 Å². The molecule has 0 aromatic rings. The van der Waals surface area contributed by atoms with Crippen LogP contribution in [-0.4, -0.2) is 47.9 Å². The minimum absolute atomic E-state index is 0.251. The highest BCUT2D eigenvalue weighted by Crippen LogP contribution is 2.22. The standard InChI is InChI=1S/C16H29N3O/c1-2-19(14-8-4-3-5-9-14)16(20)13-18-11-7-6-10-15(18)12-17/h8,15H,2-7,9-13,17H2,1H3. The normalized spacial score (nSPS) is 24.3. The average Bonchev–Trinajstić information content (AvgIpc) is 2.49. The van der Waals surface area contributed by atoms with Gasteiger partial charge in [0.1, 0.15) is 0 Å². The van der Waals surface area contributed by atoms with Gasteiger partial charge in [-0.25, -0.2) is 0 Å². The number of amides is 1. The Morgan fingerprint density at radius 3 is 2.90 bits per heavy atom. The Labute approximate surface area is 123 Å². The predicted molar refractivity (Wildman–Crippen MR) is 82.2 cm³/mol. The van der Waals surface area contributed by atoms with E-state index >= 15 is 0 Å². The molecule has 4 nitrogen and oxygen atoms in total. The van der Waals surface area contributed by atoms with E-state index < -0.39 is 0 Å². The predicted octanol–water partition coefficient (Wildman–Crippen LogP) is 2.11. The van der Waals surface area contributed by atoms with Crippen molar-refractivity contribution in [2.45, 2.75) is 57.9 Å². The van der Waals surface area contributed by atoms with Gasteiger partial charge in [0, 0.05) is 24.8 Å². The second-order valence-electron chi connectivity index (χ2n) is 5.94. The van der Waals surface area contributed by atoms with Crippen molar-refractivity contribution in [1.29, 1.82) is 0 Å². The highest BCUT2D eigenvalue weighted by atomic mass is 16.2. The van der Waals surface area contributed by atoms with Crippen molar-refractivity contribution in [2.75, 3.05) is 26.2 Å². The summed E-state index contributed by atoms with van der Waals surface area (Å²) in [5, 5.41) is 0. The number of rotatable bonds is 5. The molecule has 1 atom stereocenters. The maximum absolute atomic E-state index is 12.6. The van der Waals surface area contributed by atoms with Gasteiger partial charge in [0.2, 0.25) is 5.91 Å². The molecule has 1 unspecified atom stereocenters. The van der Waals surface area contributed by atoms with Gasteiger partial charge >= 0.3 is 0 Å². The molecule has 20 heavy (non-hydrogen) atoms. The van der Waals surface area contributed by atoms with E-state index in [4.69, 9.17) is 5.73 Å². The molecular formula is C16H29N3O. The van der Waals surface area contributed by atoms with Gasteiger partial charge in [-0.3, -0.25) is 9.69 Å². The van der Waals surface area contributed by atoms with E-state index in [0.29, 0.717) is 19.1 Å². The zero-order valence-electron chi connectivity index (χ0n) is 12.8. The third-order valence-corrected chi connectivity index (χ3v) is 4.59. The molecule has 4 heteroatoms. The number of likely N-dealkylation sites (tertiary alicyclic amines) is 1. The van der Waals surface area contributed by atoms with Crippen molar-refractivity contribution in [3.05, 3.63) is 11.8 Å². The minimum atomic E-state index is 0.251. The molecule has 0 bridgehead atoms. The monoisotopic (exact) mass is 279 g/mol. The number of nitrogens with two attached hydrogens (primary N) is 1. The van der Waals surface area contributed by atoms with E-state index in [0.717, 1.165) is 32.4 Å². The molecule has 2 aliphatic rings. The first-order valence-corrected chi connectivity index (χ1v) is 8.19. The van der Waals surface area contributed by atoms with Gasteiger partial charge in [-0.2, -0.15) is 0 Å². The van der Waals surface area contributed by atoms with Crippen molar-refractivity contribution in [1.82, 2.24) is 9.80 Å². The van der Waals surface area contributed by atoms with Gasteiger partial charge in [0.05, 0.1) is 6.54 Å². The van der Waals surface area contributed by atoms with Gasteiger partial charge in [0.25, 0.3) is 0 Å². The number of nitrogens with zero attached hydrogens (tertiary/aromatic N) is 2. The summed E-state index contributed by atoms with van der Waals surface area (Å²) in [7, 11) is 0. The van der Waals surface area contributed by atoms with Crippen LogP contribution < -0.4 is 5.73 Å². The maximum atomic E-state index is 12.6. The van der Waals surface area contributed by atoms with Crippen molar-refractivity contribution < 1.29 is 4.79 Å². The average molecular weight is 279 g/mol. The van der Waals surface area contributed by atoms with Crippen LogP contribution in [0, 0.1) is 0 Å². The number of likely N-dealkylation sites (N-methyl/N-ethyl adjacent to an activating group) is 1. The lowest BCUT2D eigenvalue weighted by Crippen LogP contribution is -2.49. The summed E-state index contributed by atoms with van der Waals surface area (Å²) >= 11 is 0. The first-order valence-electron chi connectivity index (χ1n) is 8.19. The largest absolute Gasteiger partial charge is 0.329 e. The Balaban J connectivity index is 1.96. The second-order valence-corrected chi connectivity index (χ2v) is 5.94. The van der Waals surface area contributed by atoms with Gasteiger partial charge in [0.15, 0.2) is 0 Å². The molecule has 2 N–H and O–H groups in total. The molecular weight excluding hydrogens is 250 g/mol. The highest BCUT2D eigenvalue weighted by Gasteiger charge is 2.26. The molecule has 1 saturated heterocycles. The summed E-state index contributed by atoms with van der Waals surface area (Å²) in [4.78, 5) is 16.9. The molecule has 1 aliphatic heterocycles. The topological polar surface area (TPSA) is 49.6 Å². The summed E-state index contributed by atoms with van der Waals surface area (Å²) in [5.41, 5.74) is 7.08. The van der Waals surface area contributed by atoms with Crippen molar-refractivity contribution >= 4 is 5.91 Å². The van der Waals surface area contributed by atoms with Crippen LogP contribution in [0.25, 0.3) is 0 Å². The molecule has 0 aromatic carbocycles. The number of carbonyl (C=O) groups is 1. The molecule has 2 rings (SSSR count). The van der Waals surface area contributed by atoms with E-state index in [9.17, 15) is 4.79 Å². The van der Waals surface area contributed by atoms with Crippen molar-refractivity contribution in [2.24, 2.45) is 5.73 Å². The fourth-order valence-corrected chi connectivity index (χ4v) is 3.40. The minimum Gasteiger partial charge on any atom is -0.329 e. The number of piperidine rings is 1. The number of hydrogen-bond acceptors (Lipinski definition) is 3. The second kappa shape index (κ2) is 7.79. The molecule has 0 saturated carbocycles. The quantitative estimate of drug-likeness (QED) is 0.838. The smallest absolute Gasteiger partial charge is 0.240 e. The zero-order valence-corrected chi connectivity index (χ0v) is 12.8. The number of hydrogen-bond donors (Lipinski definition) is 1. The summed E-state index contributed by atoms with van der Waals surface area (Å²) in [6, 6.07) is 0.395. The Kier molecular flexibility index (Phi) is 6.05. The fraction of sp³-hybridized carbons (Fsp3) is 0.812. The fourth-order valence-electron chi connectivity index (χ4n) is 3.40. The van der Waals surface area contributed by atoms with Crippen molar-refractivity contribution in [3.8, 4) is 0 Å². The maximum Gasteiger partial charge on any atom is 0.240 e. The van der Waals surface area contributed by atoms with Crippen LogP contribution >= 0.6 is 0 Å². The van der Waals surface area contributed by atoms with Gasteiger partial charge < -0.3 is 10.6 Å². The Morgan fingerprint density at radius 2 is 2.25 bits per heavy atom. The summed E-state index contributed by atoms with van der Waals surface area (Å²) in [6.45, 7) is 5.08. The summed E-state index contributed by atoms with van der Waals surface area (Å²) in [5.74, 6) is 0.251. The number of carbonyl (C=O) groups excluding carboxylic acids is 1. The van der Waals surface area contributed by atoms with Crippen LogP contribution in [0.2, 0.25) is 0 Å². The van der Waals surface area contributed by atoms with Crippen LogP contribution in [0.5, 0.6) is 0 Å². The molecule has 0 aromatic heterocycles. The lowest BCUT2D eigenvalue weighted by Gasteiger charge is -2.36. The lowest BCUT2D eigenvalue weighted by molar-refractivity contribution is -0.131. The zero-order chi connectivity index (χ0) is 14.4. The molecule has 0 radical (unpaired) electrons.